The lowest BCUT2D eigenvalue weighted by Gasteiger charge is -2.25. The highest BCUT2D eigenvalue weighted by Crippen LogP contribution is 2.38. The lowest BCUT2D eigenvalue weighted by molar-refractivity contribution is -0.119. The van der Waals surface area contributed by atoms with Crippen LogP contribution in [0.1, 0.15) is 18.4 Å². The number of carbonyl (C=O) groups excluding carboxylic acids is 2. The van der Waals surface area contributed by atoms with Crippen LogP contribution in [0.15, 0.2) is 41.3 Å². The minimum absolute atomic E-state index is 0.0516. The van der Waals surface area contributed by atoms with E-state index in [9.17, 15) is 18.0 Å². The van der Waals surface area contributed by atoms with E-state index in [1.165, 1.54) is 16.4 Å². The van der Waals surface area contributed by atoms with Gasteiger partial charge in [-0.25, -0.2) is 8.42 Å². The van der Waals surface area contributed by atoms with E-state index in [0.717, 1.165) is 5.56 Å². The fourth-order valence-electron chi connectivity index (χ4n) is 3.64. The molecule has 158 valence electrons. The first-order chi connectivity index (χ1) is 14.3. The summed E-state index contributed by atoms with van der Waals surface area (Å²) in [4.78, 5) is 24.2. The Morgan fingerprint density at radius 3 is 2.87 bits per heavy atom. The first kappa shape index (κ1) is 20.6. The fourth-order valence-corrected chi connectivity index (χ4v) is 5.82. The van der Waals surface area contributed by atoms with Crippen LogP contribution in [-0.2, 0) is 19.6 Å². The minimum Gasteiger partial charge on any atom is -0.482 e. The molecule has 10 heteroatoms. The Hall–Kier alpha value is -2.62. The van der Waals surface area contributed by atoms with Gasteiger partial charge in [-0.15, -0.1) is 0 Å². The van der Waals surface area contributed by atoms with Crippen LogP contribution in [0.4, 0.5) is 11.4 Å². The molecule has 2 N–H and O–H groups in total. The minimum atomic E-state index is -4.06. The van der Waals surface area contributed by atoms with Crippen LogP contribution in [0.25, 0.3) is 0 Å². The van der Waals surface area contributed by atoms with E-state index < -0.39 is 16.1 Å². The molecule has 0 spiro atoms. The van der Waals surface area contributed by atoms with Gasteiger partial charge in [0.1, 0.15) is 16.7 Å². The standard InChI is InChI=1S/C20H20ClN3O5S/c1-12-4-2-5-13(8-12)22-20(26)16-6-3-7-24(16)30(27,28)18-10-17-15(9-14(18)21)23-19(25)11-29-17/h2,4-5,8-10,16H,3,6-7,11H2,1H3,(H,22,26)(H,23,25)/t16-/m0/s1. The molecular formula is C20H20ClN3O5S. The molecule has 0 bridgehead atoms. The number of benzene rings is 2. The highest BCUT2D eigenvalue weighted by molar-refractivity contribution is 7.89. The summed E-state index contributed by atoms with van der Waals surface area (Å²) in [6, 6.07) is 9.09. The Balaban J connectivity index is 1.62. The van der Waals surface area contributed by atoms with Crippen LogP contribution in [0, 0.1) is 6.92 Å². The predicted molar refractivity (Wildman–Crippen MR) is 112 cm³/mol. The number of nitrogens with zero attached hydrogens (tertiary/aromatic N) is 1. The van der Waals surface area contributed by atoms with E-state index in [2.05, 4.69) is 10.6 Å². The molecule has 2 aliphatic rings. The Morgan fingerprint density at radius 2 is 2.10 bits per heavy atom. The van der Waals surface area contributed by atoms with Crippen molar-refractivity contribution < 1.29 is 22.7 Å². The van der Waals surface area contributed by atoms with Gasteiger partial charge in [-0.1, -0.05) is 23.7 Å². The lowest BCUT2D eigenvalue weighted by Crippen LogP contribution is -2.43. The van der Waals surface area contributed by atoms with Crippen molar-refractivity contribution in [2.24, 2.45) is 0 Å². The van der Waals surface area contributed by atoms with Gasteiger partial charge in [-0.3, -0.25) is 9.59 Å². The first-order valence-electron chi connectivity index (χ1n) is 9.41. The van der Waals surface area contributed by atoms with Gasteiger partial charge >= 0.3 is 0 Å². The Labute approximate surface area is 179 Å². The van der Waals surface area contributed by atoms with Crippen molar-refractivity contribution in [3.05, 3.63) is 47.0 Å². The molecule has 2 aliphatic heterocycles. The number of amides is 2. The van der Waals surface area contributed by atoms with Gasteiger partial charge < -0.3 is 15.4 Å². The number of aryl methyl sites for hydroxylation is 1. The molecule has 30 heavy (non-hydrogen) atoms. The van der Waals surface area contributed by atoms with Gasteiger partial charge in [0.2, 0.25) is 15.9 Å². The van der Waals surface area contributed by atoms with Crippen LogP contribution in [-0.4, -0.2) is 43.7 Å². The third-order valence-corrected chi connectivity index (χ3v) is 7.42. The van der Waals surface area contributed by atoms with Crippen LogP contribution >= 0.6 is 11.6 Å². The molecule has 2 aromatic carbocycles. The number of hydrogen-bond acceptors (Lipinski definition) is 5. The summed E-state index contributed by atoms with van der Waals surface area (Å²) in [5.74, 6) is -0.515. The Kier molecular flexibility index (Phi) is 5.44. The lowest BCUT2D eigenvalue weighted by atomic mass is 10.2. The van der Waals surface area contributed by atoms with Crippen molar-refractivity contribution in [1.82, 2.24) is 4.31 Å². The van der Waals surface area contributed by atoms with E-state index in [0.29, 0.717) is 24.2 Å². The summed E-state index contributed by atoms with van der Waals surface area (Å²) >= 11 is 6.23. The molecule has 8 nitrogen and oxygen atoms in total. The number of fused-ring (bicyclic) bond motifs is 1. The normalized spacial score (nSPS) is 19.0. The van der Waals surface area contributed by atoms with Crippen molar-refractivity contribution in [2.45, 2.75) is 30.7 Å². The molecule has 1 fully saturated rings. The predicted octanol–water partition coefficient (Wildman–Crippen LogP) is 2.77. The van der Waals surface area contributed by atoms with Crippen LogP contribution < -0.4 is 15.4 Å². The zero-order valence-electron chi connectivity index (χ0n) is 16.1. The maximum atomic E-state index is 13.3. The summed E-state index contributed by atoms with van der Waals surface area (Å²) < 4.78 is 33.2. The van der Waals surface area contributed by atoms with Crippen molar-refractivity contribution in [3.8, 4) is 5.75 Å². The van der Waals surface area contributed by atoms with Gasteiger partial charge in [-0.2, -0.15) is 4.31 Å². The van der Waals surface area contributed by atoms with Crippen LogP contribution in [0.5, 0.6) is 5.75 Å². The summed E-state index contributed by atoms with van der Waals surface area (Å²) in [6.07, 6.45) is 0.965. The molecule has 0 aromatic heterocycles. The molecule has 0 saturated carbocycles. The third kappa shape index (κ3) is 3.88. The topological polar surface area (TPSA) is 105 Å². The molecule has 2 heterocycles. The van der Waals surface area contributed by atoms with Crippen molar-refractivity contribution in [2.75, 3.05) is 23.8 Å². The highest BCUT2D eigenvalue weighted by atomic mass is 35.5. The van der Waals surface area contributed by atoms with Crippen molar-refractivity contribution in [1.29, 1.82) is 0 Å². The third-order valence-electron chi connectivity index (χ3n) is 5.05. The molecular weight excluding hydrogens is 430 g/mol. The van der Waals surface area contributed by atoms with Gasteiger partial charge in [0.25, 0.3) is 5.91 Å². The quantitative estimate of drug-likeness (QED) is 0.746. The second-order valence-corrected chi connectivity index (χ2v) is 9.51. The monoisotopic (exact) mass is 449 g/mol. The molecule has 1 saturated heterocycles. The SMILES string of the molecule is Cc1cccc(NC(=O)[C@@H]2CCCN2S(=O)(=O)c2cc3c(cc2Cl)NC(=O)CO3)c1. The summed E-state index contributed by atoms with van der Waals surface area (Å²) in [7, 11) is -4.06. The zero-order valence-corrected chi connectivity index (χ0v) is 17.7. The number of halogens is 1. The van der Waals surface area contributed by atoms with Crippen molar-refractivity contribution >= 4 is 44.8 Å². The molecule has 2 aromatic rings. The molecule has 4 rings (SSSR count). The molecule has 0 unspecified atom stereocenters. The second kappa shape index (κ2) is 7.90. The summed E-state index contributed by atoms with van der Waals surface area (Å²) in [6.45, 7) is 1.91. The van der Waals surface area contributed by atoms with Gasteiger partial charge in [0.05, 0.1) is 10.7 Å². The maximum Gasteiger partial charge on any atom is 0.262 e. The average molecular weight is 450 g/mol. The smallest absolute Gasteiger partial charge is 0.262 e. The number of hydrogen-bond donors (Lipinski definition) is 2. The van der Waals surface area contributed by atoms with Crippen LogP contribution in [0.3, 0.4) is 0 Å². The van der Waals surface area contributed by atoms with Gasteiger partial charge in [0, 0.05) is 18.3 Å². The summed E-state index contributed by atoms with van der Waals surface area (Å²) in [5.41, 5.74) is 1.90. The molecule has 0 radical (unpaired) electrons. The van der Waals surface area contributed by atoms with E-state index in [4.69, 9.17) is 16.3 Å². The Morgan fingerprint density at radius 1 is 1.30 bits per heavy atom. The Bertz CT molecular complexity index is 1140. The highest BCUT2D eigenvalue weighted by Gasteiger charge is 2.41. The number of anilines is 2. The zero-order chi connectivity index (χ0) is 21.5. The average Bonchev–Trinajstić information content (AvgIpc) is 3.18. The largest absolute Gasteiger partial charge is 0.482 e. The number of sulfonamides is 1. The van der Waals surface area contributed by atoms with Gasteiger partial charge in [0.15, 0.2) is 6.61 Å². The maximum absolute atomic E-state index is 13.3. The molecule has 1 atom stereocenters. The second-order valence-electron chi connectivity index (χ2n) is 7.25. The van der Waals surface area contributed by atoms with Crippen LogP contribution in [0.2, 0.25) is 5.02 Å². The number of rotatable bonds is 4. The summed E-state index contributed by atoms with van der Waals surface area (Å²) in [5, 5.41) is 5.33. The number of nitrogens with one attached hydrogen (secondary N) is 2. The first-order valence-corrected chi connectivity index (χ1v) is 11.2. The van der Waals surface area contributed by atoms with Gasteiger partial charge in [-0.05, 0) is 43.5 Å². The van der Waals surface area contributed by atoms with E-state index in [-0.39, 0.29) is 40.6 Å². The van der Waals surface area contributed by atoms with Crippen molar-refractivity contribution in [3.63, 3.8) is 0 Å². The van der Waals surface area contributed by atoms with E-state index in [1.54, 1.807) is 6.07 Å². The number of ether oxygens (including phenoxy) is 1. The molecule has 0 aliphatic carbocycles. The van der Waals surface area contributed by atoms with E-state index in [1.807, 2.05) is 25.1 Å². The molecule has 2 amide bonds. The number of carbonyl (C=O) groups is 2. The fraction of sp³-hybridized carbons (Fsp3) is 0.300. The van der Waals surface area contributed by atoms with E-state index >= 15 is 0 Å².